The molecule has 0 aliphatic heterocycles. The van der Waals surface area contributed by atoms with E-state index in [1.54, 1.807) is 31.2 Å². The van der Waals surface area contributed by atoms with E-state index in [-0.39, 0.29) is 19.6 Å². The van der Waals surface area contributed by atoms with Crippen molar-refractivity contribution in [2.75, 3.05) is 19.8 Å². The van der Waals surface area contributed by atoms with Crippen LogP contribution in [0, 0.1) is 11.3 Å². The summed E-state index contributed by atoms with van der Waals surface area (Å²) in [6, 6.07) is 20.0. The van der Waals surface area contributed by atoms with Crippen LogP contribution in [0.4, 0.5) is 0 Å². The van der Waals surface area contributed by atoms with E-state index in [1.807, 2.05) is 42.5 Å². The van der Waals surface area contributed by atoms with Gasteiger partial charge in [0.1, 0.15) is 0 Å². The van der Waals surface area contributed by atoms with Crippen LogP contribution in [0.25, 0.3) is 0 Å². The van der Waals surface area contributed by atoms with Crippen LogP contribution in [-0.4, -0.2) is 31.6 Å². The topological polar surface area (TPSA) is 88.4 Å². The normalized spacial score (nSPS) is 10.7. The molecule has 0 radical (unpaired) electrons. The minimum atomic E-state index is -1.47. The second kappa shape index (κ2) is 10.1. The Labute approximate surface area is 158 Å². The van der Waals surface area contributed by atoms with E-state index in [4.69, 9.17) is 14.7 Å². The summed E-state index contributed by atoms with van der Waals surface area (Å²) in [6.07, 6.45) is 0.191. The molecule has 0 saturated heterocycles. The summed E-state index contributed by atoms with van der Waals surface area (Å²) in [7, 11) is 0. The molecule has 0 spiro atoms. The third-order valence-corrected chi connectivity index (χ3v) is 3.90. The highest BCUT2D eigenvalue weighted by Gasteiger charge is 2.45. The number of carbonyl (C=O) groups excluding carboxylic acids is 2. The van der Waals surface area contributed by atoms with E-state index in [2.05, 4.69) is 5.32 Å². The summed E-state index contributed by atoms with van der Waals surface area (Å²) in [5, 5.41) is 11.0. The Morgan fingerprint density at radius 2 is 1.59 bits per heavy atom. The third-order valence-electron chi connectivity index (χ3n) is 3.90. The van der Waals surface area contributed by atoms with Crippen molar-refractivity contribution in [3.8, 4) is 6.07 Å². The van der Waals surface area contributed by atoms with Gasteiger partial charge in [0.2, 0.25) is 5.60 Å². The van der Waals surface area contributed by atoms with Crippen LogP contribution >= 0.6 is 0 Å². The van der Waals surface area contributed by atoms with Crippen molar-refractivity contribution in [2.24, 2.45) is 0 Å². The standard InChI is InChI=1S/C21H22N2O4/c1-2-27-21(17-10-5-3-6-11-17,18-12-7-4-8-13-18)20(25)26-16-19(24)23-15-9-14-22/h3-8,10-13H,2,9,15-16H2,1H3,(H,23,24). The smallest absolute Gasteiger partial charge is 0.348 e. The maximum atomic E-state index is 13.1. The zero-order chi connectivity index (χ0) is 19.5. The van der Waals surface area contributed by atoms with E-state index in [1.165, 1.54) is 0 Å². The highest BCUT2D eigenvalue weighted by Crippen LogP contribution is 2.35. The first kappa shape index (κ1) is 20.1. The van der Waals surface area contributed by atoms with Gasteiger partial charge in [0, 0.05) is 13.2 Å². The molecular weight excluding hydrogens is 344 g/mol. The van der Waals surface area contributed by atoms with Gasteiger partial charge >= 0.3 is 5.97 Å². The summed E-state index contributed by atoms with van der Waals surface area (Å²) in [4.78, 5) is 25.0. The molecule has 0 saturated carbocycles. The Balaban J connectivity index is 2.30. The minimum Gasteiger partial charge on any atom is -0.453 e. The lowest BCUT2D eigenvalue weighted by atomic mass is 9.86. The Kier molecular flexibility index (Phi) is 7.53. The zero-order valence-corrected chi connectivity index (χ0v) is 15.2. The number of ether oxygens (including phenoxy) is 2. The fourth-order valence-corrected chi connectivity index (χ4v) is 2.73. The second-order valence-electron chi connectivity index (χ2n) is 5.68. The molecule has 0 aromatic heterocycles. The number of benzene rings is 2. The van der Waals surface area contributed by atoms with Gasteiger partial charge in [0.05, 0.1) is 12.5 Å². The lowest BCUT2D eigenvalue weighted by molar-refractivity contribution is -0.170. The summed E-state index contributed by atoms with van der Waals surface area (Å²) < 4.78 is 11.2. The third kappa shape index (κ3) is 4.93. The monoisotopic (exact) mass is 366 g/mol. The predicted octanol–water partition coefficient (Wildman–Crippen LogP) is 2.54. The molecule has 6 nitrogen and oxygen atoms in total. The highest BCUT2D eigenvalue weighted by atomic mass is 16.6. The molecule has 0 atom stereocenters. The lowest BCUT2D eigenvalue weighted by Crippen LogP contribution is -2.43. The fourth-order valence-electron chi connectivity index (χ4n) is 2.73. The zero-order valence-electron chi connectivity index (χ0n) is 15.2. The molecule has 0 heterocycles. The molecule has 1 amide bonds. The average molecular weight is 366 g/mol. The van der Waals surface area contributed by atoms with E-state index in [9.17, 15) is 9.59 Å². The van der Waals surface area contributed by atoms with Crippen molar-refractivity contribution in [3.63, 3.8) is 0 Å². The van der Waals surface area contributed by atoms with Gasteiger partial charge in [-0.2, -0.15) is 5.26 Å². The average Bonchev–Trinajstić information content (AvgIpc) is 2.71. The van der Waals surface area contributed by atoms with Crippen LogP contribution in [0.1, 0.15) is 24.5 Å². The van der Waals surface area contributed by atoms with Gasteiger partial charge in [-0.15, -0.1) is 0 Å². The number of hydrogen-bond acceptors (Lipinski definition) is 5. The summed E-state index contributed by atoms with van der Waals surface area (Å²) in [5.74, 6) is -1.14. The van der Waals surface area contributed by atoms with Crippen molar-refractivity contribution in [1.82, 2.24) is 5.32 Å². The van der Waals surface area contributed by atoms with Gasteiger partial charge < -0.3 is 14.8 Å². The Bertz CT molecular complexity index is 745. The van der Waals surface area contributed by atoms with Crippen molar-refractivity contribution >= 4 is 11.9 Å². The molecular formula is C21H22N2O4. The molecule has 140 valence electrons. The quantitative estimate of drug-likeness (QED) is 0.544. The van der Waals surface area contributed by atoms with Crippen LogP contribution in [-0.2, 0) is 24.7 Å². The second-order valence-corrected chi connectivity index (χ2v) is 5.68. The first-order chi connectivity index (χ1) is 13.1. The number of amides is 1. The highest BCUT2D eigenvalue weighted by molar-refractivity contribution is 5.88. The maximum Gasteiger partial charge on any atom is 0.348 e. The van der Waals surface area contributed by atoms with Gasteiger partial charge in [0.25, 0.3) is 5.91 Å². The molecule has 0 unspecified atom stereocenters. The molecule has 2 rings (SSSR count). The molecule has 0 fully saturated rings. The Morgan fingerprint density at radius 3 is 2.07 bits per heavy atom. The Morgan fingerprint density at radius 1 is 1.04 bits per heavy atom. The number of rotatable bonds is 9. The van der Waals surface area contributed by atoms with Gasteiger partial charge in [-0.25, -0.2) is 4.79 Å². The summed E-state index contributed by atoms with van der Waals surface area (Å²) in [5.41, 5.74) is -0.231. The minimum absolute atomic E-state index is 0.191. The van der Waals surface area contributed by atoms with Crippen LogP contribution in [0.15, 0.2) is 60.7 Å². The maximum absolute atomic E-state index is 13.1. The van der Waals surface area contributed by atoms with Crippen LogP contribution in [0.5, 0.6) is 0 Å². The number of nitrogens with one attached hydrogen (secondary N) is 1. The number of esters is 1. The van der Waals surface area contributed by atoms with Gasteiger partial charge in [-0.05, 0) is 18.1 Å². The molecule has 27 heavy (non-hydrogen) atoms. The van der Waals surface area contributed by atoms with E-state index in [0.717, 1.165) is 0 Å². The Hall–Kier alpha value is -3.17. The van der Waals surface area contributed by atoms with E-state index < -0.39 is 24.1 Å². The van der Waals surface area contributed by atoms with E-state index in [0.29, 0.717) is 11.1 Å². The van der Waals surface area contributed by atoms with Crippen LogP contribution in [0.2, 0.25) is 0 Å². The molecule has 6 heteroatoms. The number of nitriles is 1. The molecule has 0 bridgehead atoms. The van der Waals surface area contributed by atoms with Crippen molar-refractivity contribution in [1.29, 1.82) is 5.26 Å². The lowest BCUT2D eigenvalue weighted by Gasteiger charge is -2.32. The first-order valence-corrected chi connectivity index (χ1v) is 8.71. The summed E-state index contributed by atoms with van der Waals surface area (Å²) >= 11 is 0. The largest absolute Gasteiger partial charge is 0.453 e. The van der Waals surface area contributed by atoms with Crippen LogP contribution in [0.3, 0.4) is 0 Å². The molecule has 2 aromatic carbocycles. The van der Waals surface area contributed by atoms with Gasteiger partial charge in [-0.3, -0.25) is 4.79 Å². The van der Waals surface area contributed by atoms with Crippen molar-refractivity contribution in [2.45, 2.75) is 18.9 Å². The molecule has 2 aromatic rings. The van der Waals surface area contributed by atoms with Crippen molar-refractivity contribution < 1.29 is 19.1 Å². The molecule has 0 aliphatic carbocycles. The molecule has 1 N–H and O–H groups in total. The fraction of sp³-hybridized carbons (Fsp3) is 0.286. The van der Waals surface area contributed by atoms with Crippen molar-refractivity contribution in [3.05, 3.63) is 71.8 Å². The molecule has 0 aliphatic rings. The number of nitrogens with zero attached hydrogens (tertiary/aromatic N) is 1. The first-order valence-electron chi connectivity index (χ1n) is 8.71. The van der Waals surface area contributed by atoms with Gasteiger partial charge in [0.15, 0.2) is 6.61 Å². The predicted molar refractivity (Wildman–Crippen MR) is 99.5 cm³/mol. The number of hydrogen-bond donors (Lipinski definition) is 1. The summed E-state index contributed by atoms with van der Waals surface area (Å²) in [6.45, 7) is 1.83. The van der Waals surface area contributed by atoms with E-state index >= 15 is 0 Å². The van der Waals surface area contributed by atoms with Crippen LogP contribution < -0.4 is 5.32 Å². The number of carbonyl (C=O) groups is 2. The SMILES string of the molecule is CCOC(C(=O)OCC(=O)NCCC#N)(c1ccccc1)c1ccccc1. The van der Waals surface area contributed by atoms with Gasteiger partial charge in [-0.1, -0.05) is 60.7 Å².